The Morgan fingerprint density at radius 2 is 1.94 bits per heavy atom. The zero-order valence-corrected chi connectivity index (χ0v) is 9.35. The Bertz CT molecular complexity index is 384. The molecule has 1 saturated heterocycles. The van der Waals surface area contributed by atoms with Crippen molar-refractivity contribution in [3.05, 3.63) is 35.9 Å². The summed E-state index contributed by atoms with van der Waals surface area (Å²) in [5, 5.41) is 8.68. The molecule has 0 aromatic heterocycles. The topological polar surface area (TPSA) is 42.2 Å². The zero-order valence-electron chi connectivity index (χ0n) is 9.35. The van der Waals surface area contributed by atoms with Crippen LogP contribution in [-0.4, -0.2) is 20.3 Å². The lowest BCUT2D eigenvalue weighted by atomic mass is 9.57. The van der Waals surface area contributed by atoms with E-state index < -0.39 is 12.4 Å². The van der Waals surface area contributed by atoms with Crippen LogP contribution in [0.4, 0.5) is 0 Å². The Kier molecular flexibility index (Phi) is 3.28. The first-order valence-electron chi connectivity index (χ1n) is 5.43. The number of nitrogens with zero attached hydrogens (tertiary/aromatic N) is 1. The van der Waals surface area contributed by atoms with Crippen LogP contribution in [0.15, 0.2) is 30.3 Å². The van der Waals surface area contributed by atoms with Gasteiger partial charge in [0.05, 0.1) is 24.6 Å². The lowest BCUT2D eigenvalue weighted by Gasteiger charge is -2.22. The summed E-state index contributed by atoms with van der Waals surface area (Å²) in [6.07, 6.45) is 0.648. The summed E-state index contributed by atoms with van der Waals surface area (Å²) in [6, 6.07) is 12.3. The van der Waals surface area contributed by atoms with Crippen molar-refractivity contribution in [2.45, 2.75) is 18.7 Å². The number of hydrogen-bond acceptors (Lipinski definition) is 3. The Hall–Kier alpha value is -1.31. The molecule has 0 amide bonds. The standard InChI is InChI=1S/C12H14BNO2/c1-12(10-14,13-15-7-8-16-13)9-11-5-3-2-4-6-11/h2-6H,7-9H2,1H3. The SMILES string of the molecule is CC(C#N)(Cc1ccccc1)B1OCCO1. The molecule has 1 aliphatic heterocycles. The van der Waals surface area contributed by atoms with Crippen molar-refractivity contribution in [1.29, 1.82) is 5.26 Å². The van der Waals surface area contributed by atoms with Gasteiger partial charge in [-0.25, -0.2) is 0 Å². The molecular weight excluding hydrogens is 201 g/mol. The fourth-order valence-electron chi connectivity index (χ4n) is 1.92. The molecule has 0 radical (unpaired) electrons. The van der Waals surface area contributed by atoms with Gasteiger partial charge in [0.15, 0.2) is 0 Å². The van der Waals surface area contributed by atoms with Crippen molar-refractivity contribution in [2.75, 3.05) is 13.2 Å². The zero-order chi connectivity index (χ0) is 11.4. The molecule has 0 saturated carbocycles. The van der Waals surface area contributed by atoms with E-state index in [1.807, 2.05) is 37.3 Å². The lowest BCUT2D eigenvalue weighted by molar-refractivity contribution is 0.342. The fourth-order valence-corrected chi connectivity index (χ4v) is 1.92. The van der Waals surface area contributed by atoms with Crippen LogP contribution < -0.4 is 0 Å². The van der Waals surface area contributed by atoms with E-state index in [0.29, 0.717) is 19.6 Å². The maximum Gasteiger partial charge on any atom is 0.478 e. The van der Waals surface area contributed by atoms with Crippen LogP contribution in [0.1, 0.15) is 12.5 Å². The van der Waals surface area contributed by atoms with Crippen LogP contribution in [0, 0.1) is 11.3 Å². The van der Waals surface area contributed by atoms with Gasteiger partial charge in [-0.05, 0) is 18.9 Å². The van der Waals surface area contributed by atoms with Crippen molar-refractivity contribution in [2.24, 2.45) is 0 Å². The van der Waals surface area contributed by atoms with Gasteiger partial charge in [-0.2, -0.15) is 5.26 Å². The lowest BCUT2D eigenvalue weighted by Crippen LogP contribution is -2.32. The van der Waals surface area contributed by atoms with Gasteiger partial charge < -0.3 is 9.31 Å². The van der Waals surface area contributed by atoms with Gasteiger partial charge in [-0.3, -0.25) is 0 Å². The molecule has 0 aliphatic carbocycles. The molecule has 1 heterocycles. The number of nitriles is 1. The Labute approximate surface area is 96.1 Å². The summed E-state index contributed by atoms with van der Waals surface area (Å²) in [4.78, 5) is 0. The van der Waals surface area contributed by atoms with Gasteiger partial charge in [-0.15, -0.1) is 0 Å². The van der Waals surface area contributed by atoms with Crippen LogP contribution in [-0.2, 0) is 15.7 Å². The van der Waals surface area contributed by atoms with Crippen LogP contribution in [0.3, 0.4) is 0 Å². The van der Waals surface area contributed by atoms with Gasteiger partial charge in [0.1, 0.15) is 0 Å². The quantitative estimate of drug-likeness (QED) is 0.724. The van der Waals surface area contributed by atoms with Gasteiger partial charge in [0, 0.05) is 0 Å². The predicted octanol–water partition coefficient (Wildman–Crippen LogP) is 2.05. The summed E-state index contributed by atoms with van der Waals surface area (Å²) in [6.45, 7) is 3.05. The van der Waals surface area contributed by atoms with E-state index in [9.17, 15) is 5.26 Å². The number of hydrogen-bond donors (Lipinski definition) is 0. The van der Waals surface area contributed by atoms with Gasteiger partial charge in [0.2, 0.25) is 0 Å². The normalized spacial score (nSPS) is 19.1. The van der Waals surface area contributed by atoms with E-state index in [1.165, 1.54) is 0 Å². The molecule has 0 spiro atoms. The first-order chi connectivity index (χ1) is 7.74. The minimum Gasteiger partial charge on any atom is -0.408 e. The van der Waals surface area contributed by atoms with E-state index in [0.717, 1.165) is 5.56 Å². The molecular formula is C12H14BNO2. The Balaban J connectivity index is 2.13. The maximum absolute atomic E-state index is 9.30. The van der Waals surface area contributed by atoms with Gasteiger partial charge in [-0.1, -0.05) is 30.3 Å². The van der Waals surface area contributed by atoms with Crippen molar-refractivity contribution in [3.8, 4) is 6.07 Å². The number of rotatable bonds is 3. The molecule has 1 aliphatic rings. The van der Waals surface area contributed by atoms with Crippen molar-refractivity contribution in [1.82, 2.24) is 0 Å². The minimum absolute atomic E-state index is 0.405. The predicted molar refractivity (Wildman–Crippen MR) is 61.8 cm³/mol. The molecule has 3 nitrogen and oxygen atoms in total. The van der Waals surface area contributed by atoms with Crippen LogP contribution in [0.25, 0.3) is 0 Å². The molecule has 1 unspecified atom stereocenters. The highest BCUT2D eigenvalue weighted by Crippen LogP contribution is 2.35. The Morgan fingerprint density at radius 1 is 1.31 bits per heavy atom. The monoisotopic (exact) mass is 215 g/mol. The summed E-state index contributed by atoms with van der Waals surface area (Å²) in [5.41, 5.74) is 1.13. The van der Waals surface area contributed by atoms with Crippen molar-refractivity contribution < 1.29 is 9.31 Å². The van der Waals surface area contributed by atoms with E-state index in [-0.39, 0.29) is 0 Å². The first kappa shape index (κ1) is 11.2. The highest BCUT2D eigenvalue weighted by atomic mass is 16.6. The number of benzene rings is 1. The molecule has 2 rings (SSSR count). The maximum atomic E-state index is 9.30. The molecule has 1 aromatic rings. The largest absolute Gasteiger partial charge is 0.478 e. The van der Waals surface area contributed by atoms with E-state index >= 15 is 0 Å². The van der Waals surface area contributed by atoms with E-state index in [1.54, 1.807) is 0 Å². The summed E-state index contributed by atoms with van der Waals surface area (Å²) >= 11 is 0. The third-order valence-corrected chi connectivity index (χ3v) is 2.81. The highest BCUT2D eigenvalue weighted by molar-refractivity contribution is 6.50. The van der Waals surface area contributed by atoms with Crippen molar-refractivity contribution >= 4 is 7.12 Å². The highest BCUT2D eigenvalue weighted by Gasteiger charge is 2.45. The second-order valence-corrected chi connectivity index (χ2v) is 4.27. The molecule has 4 heteroatoms. The Morgan fingerprint density at radius 3 is 2.50 bits per heavy atom. The molecule has 16 heavy (non-hydrogen) atoms. The van der Waals surface area contributed by atoms with Crippen LogP contribution in [0.5, 0.6) is 0 Å². The molecule has 1 fully saturated rings. The second kappa shape index (κ2) is 4.69. The summed E-state index contributed by atoms with van der Waals surface area (Å²) in [5.74, 6) is 0. The molecule has 0 N–H and O–H groups in total. The third kappa shape index (κ3) is 2.26. The molecule has 1 aromatic carbocycles. The smallest absolute Gasteiger partial charge is 0.408 e. The van der Waals surface area contributed by atoms with Crippen LogP contribution in [0.2, 0.25) is 5.31 Å². The second-order valence-electron chi connectivity index (χ2n) is 4.27. The van der Waals surface area contributed by atoms with E-state index in [2.05, 4.69) is 6.07 Å². The van der Waals surface area contributed by atoms with Gasteiger partial charge >= 0.3 is 7.12 Å². The average Bonchev–Trinajstić information content (AvgIpc) is 2.84. The molecule has 82 valence electrons. The van der Waals surface area contributed by atoms with Gasteiger partial charge in [0.25, 0.3) is 0 Å². The molecule has 0 bridgehead atoms. The average molecular weight is 215 g/mol. The van der Waals surface area contributed by atoms with E-state index in [4.69, 9.17) is 9.31 Å². The molecule has 1 atom stereocenters. The van der Waals surface area contributed by atoms with Crippen molar-refractivity contribution in [3.63, 3.8) is 0 Å². The third-order valence-electron chi connectivity index (χ3n) is 2.81. The summed E-state index contributed by atoms with van der Waals surface area (Å²) < 4.78 is 10.9. The van der Waals surface area contributed by atoms with Crippen LogP contribution >= 0.6 is 0 Å². The first-order valence-corrected chi connectivity index (χ1v) is 5.43. The minimum atomic E-state index is -0.613. The fraction of sp³-hybridized carbons (Fsp3) is 0.417. The summed E-state index contributed by atoms with van der Waals surface area (Å²) in [7, 11) is -0.405.